The molecule has 0 amide bonds. The lowest BCUT2D eigenvalue weighted by molar-refractivity contribution is 0.00403. The van der Waals surface area contributed by atoms with E-state index in [9.17, 15) is 0 Å². The predicted molar refractivity (Wildman–Crippen MR) is 69.1 cm³/mol. The Kier molecular flexibility index (Phi) is 16.5. The van der Waals surface area contributed by atoms with Crippen LogP contribution in [-0.2, 0) is 23.7 Å². The fourth-order valence-electron chi connectivity index (χ4n) is 1.13. The van der Waals surface area contributed by atoms with Gasteiger partial charge >= 0.3 is 0 Å². The molecule has 0 aromatic heterocycles. The van der Waals surface area contributed by atoms with Crippen molar-refractivity contribution in [3.63, 3.8) is 0 Å². The van der Waals surface area contributed by atoms with Crippen LogP contribution in [0.4, 0.5) is 0 Å². The zero-order valence-electron chi connectivity index (χ0n) is 11.6. The smallest absolute Gasteiger partial charge is 0.0701 e. The molecule has 0 saturated carbocycles. The van der Waals surface area contributed by atoms with Crippen molar-refractivity contribution in [3.05, 3.63) is 0 Å². The van der Waals surface area contributed by atoms with Gasteiger partial charge in [-0.2, -0.15) is 0 Å². The molecule has 0 saturated heterocycles. The Bertz CT molecular complexity index is 132. The van der Waals surface area contributed by atoms with E-state index < -0.39 is 0 Å². The van der Waals surface area contributed by atoms with E-state index in [-0.39, 0.29) is 0 Å². The van der Waals surface area contributed by atoms with Gasteiger partial charge in [0.15, 0.2) is 0 Å². The van der Waals surface area contributed by atoms with Gasteiger partial charge in [-0.15, -0.1) is 0 Å². The highest BCUT2D eigenvalue weighted by Crippen LogP contribution is 1.81. The maximum Gasteiger partial charge on any atom is 0.0701 e. The van der Waals surface area contributed by atoms with E-state index in [1.54, 1.807) is 14.2 Å². The maximum atomic E-state index is 5.37. The molecule has 18 heavy (non-hydrogen) atoms. The van der Waals surface area contributed by atoms with E-state index >= 15 is 0 Å². The summed E-state index contributed by atoms with van der Waals surface area (Å²) < 4.78 is 25.7. The van der Waals surface area contributed by atoms with Gasteiger partial charge in [0, 0.05) is 27.3 Å². The molecule has 0 atom stereocenters. The minimum atomic E-state index is 0.596. The molecule has 6 heteroatoms. The molecule has 110 valence electrons. The third-order valence-corrected chi connectivity index (χ3v) is 2.08. The lowest BCUT2D eigenvalue weighted by Gasteiger charge is -2.07. The Morgan fingerprint density at radius 1 is 0.556 bits per heavy atom. The average molecular weight is 265 g/mol. The average Bonchev–Trinajstić information content (AvgIpc) is 2.39. The third kappa shape index (κ3) is 15.8. The molecule has 0 spiro atoms. The summed E-state index contributed by atoms with van der Waals surface area (Å²) >= 11 is 0. The van der Waals surface area contributed by atoms with Gasteiger partial charge in [0.05, 0.1) is 52.9 Å². The highest BCUT2D eigenvalue weighted by molar-refractivity contribution is 4.44. The minimum Gasteiger partial charge on any atom is -0.383 e. The highest BCUT2D eigenvalue weighted by atomic mass is 16.6. The summed E-state index contributed by atoms with van der Waals surface area (Å²) in [7, 11) is 3.34. The quantitative estimate of drug-likeness (QED) is 0.418. The fraction of sp³-hybridized carbons (Fsp3) is 1.00. The molecule has 0 radical (unpaired) electrons. The largest absolute Gasteiger partial charge is 0.383 e. The number of rotatable bonds is 15. The number of methoxy groups -OCH3 is 2. The van der Waals surface area contributed by atoms with Crippen LogP contribution in [0.5, 0.6) is 0 Å². The van der Waals surface area contributed by atoms with Crippen LogP contribution in [0, 0.1) is 0 Å². The molecule has 0 aliphatic carbocycles. The predicted octanol–water partition coefficient (Wildman–Crippen LogP) is -0.0814. The van der Waals surface area contributed by atoms with E-state index in [2.05, 4.69) is 5.32 Å². The molecule has 0 rings (SSSR count). The van der Waals surface area contributed by atoms with Crippen molar-refractivity contribution in [2.24, 2.45) is 0 Å². The Hall–Kier alpha value is -0.240. The molecular weight excluding hydrogens is 238 g/mol. The van der Waals surface area contributed by atoms with Gasteiger partial charge in [-0.25, -0.2) is 0 Å². The molecule has 0 aliphatic heterocycles. The van der Waals surface area contributed by atoms with E-state index in [0.29, 0.717) is 46.2 Å². The summed E-state index contributed by atoms with van der Waals surface area (Å²) in [5.41, 5.74) is 0. The van der Waals surface area contributed by atoms with Crippen LogP contribution in [-0.4, -0.2) is 80.2 Å². The van der Waals surface area contributed by atoms with Crippen molar-refractivity contribution in [1.29, 1.82) is 0 Å². The minimum absolute atomic E-state index is 0.596. The van der Waals surface area contributed by atoms with Crippen molar-refractivity contribution in [2.45, 2.75) is 0 Å². The maximum absolute atomic E-state index is 5.37. The number of hydrogen-bond donors (Lipinski definition) is 1. The Balaban J connectivity index is 2.86. The SMILES string of the molecule is COCCNCCOCCOCCOCCOC. The normalized spacial score (nSPS) is 11.0. The fourth-order valence-corrected chi connectivity index (χ4v) is 1.13. The van der Waals surface area contributed by atoms with E-state index in [1.807, 2.05) is 0 Å². The van der Waals surface area contributed by atoms with Crippen LogP contribution >= 0.6 is 0 Å². The molecule has 6 nitrogen and oxygen atoms in total. The van der Waals surface area contributed by atoms with Crippen LogP contribution in [0.15, 0.2) is 0 Å². The van der Waals surface area contributed by atoms with Crippen molar-refractivity contribution in [2.75, 3.05) is 80.2 Å². The highest BCUT2D eigenvalue weighted by Gasteiger charge is 1.92. The summed E-state index contributed by atoms with van der Waals surface area (Å²) in [6, 6.07) is 0. The first-order valence-electron chi connectivity index (χ1n) is 6.33. The molecule has 1 N–H and O–H groups in total. The second-order valence-corrected chi connectivity index (χ2v) is 3.57. The lowest BCUT2D eigenvalue weighted by atomic mass is 10.6. The summed E-state index contributed by atoms with van der Waals surface area (Å²) in [5.74, 6) is 0. The van der Waals surface area contributed by atoms with Gasteiger partial charge < -0.3 is 29.0 Å². The van der Waals surface area contributed by atoms with Gasteiger partial charge in [0.2, 0.25) is 0 Å². The molecule has 0 unspecified atom stereocenters. The van der Waals surface area contributed by atoms with E-state index in [0.717, 1.165) is 19.7 Å². The second kappa shape index (κ2) is 16.8. The topological polar surface area (TPSA) is 58.2 Å². The van der Waals surface area contributed by atoms with Crippen molar-refractivity contribution in [3.8, 4) is 0 Å². The number of hydrogen-bond acceptors (Lipinski definition) is 6. The second-order valence-electron chi connectivity index (χ2n) is 3.57. The van der Waals surface area contributed by atoms with Gasteiger partial charge in [-0.05, 0) is 0 Å². The summed E-state index contributed by atoms with van der Waals surface area (Å²) in [6.45, 7) is 6.77. The zero-order valence-corrected chi connectivity index (χ0v) is 11.6. The third-order valence-electron chi connectivity index (χ3n) is 2.08. The first-order valence-corrected chi connectivity index (χ1v) is 6.33. The Morgan fingerprint density at radius 3 is 1.56 bits per heavy atom. The molecular formula is C12H27NO5. The van der Waals surface area contributed by atoms with Crippen molar-refractivity contribution >= 4 is 0 Å². The number of nitrogens with one attached hydrogen (secondary N) is 1. The first kappa shape index (κ1) is 17.8. The zero-order chi connectivity index (χ0) is 13.3. The van der Waals surface area contributed by atoms with Gasteiger partial charge in [-0.1, -0.05) is 0 Å². The van der Waals surface area contributed by atoms with Crippen LogP contribution < -0.4 is 5.32 Å². The van der Waals surface area contributed by atoms with Crippen LogP contribution in [0.1, 0.15) is 0 Å². The van der Waals surface area contributed by atoms with Gasteiger partial charge in [-0.3, -0.25) is 0 Å². The molecule has 0 aromatic rings. The Morgan fingerprint density at radius 2 is 1.00 bits per heavy atom. The van der Waals surface area contributed by atoms with Crippen LogP contribution in [0.25, 0.3) is 0 Å². The summed E-state index contributed by atoms with van der Waals surface area (Å²) in [5, 5.41) is 3.19. The molecule has 0 bridgehead atoms. The summed E-state index contributed by atoms with van der Waals surface area (Å²) in [6.07, 6.45) is 0. The monoisotopic (exact) mass is 265 g/mol. The van der Waals surface area contributed by atoms with E-state index in [4.69, 9.17) is 23.7 Å². The molecule has 0 aromatic carbocycles. The standard InChI is InChI=1S/C12H27NO5/c1-14-5-3-13-4-6-16-9-10-18-12-11-17-8-7-15-2/h13H,3-12H2,1-2H3. The van der Waals surface area contributed by atoms with Crippen molar-refractivity contribution < 1.29 is 23.7 Å². The van der Waals surface area contributed by atoms with Crippen LogP contribution in [0.3, 0.4) is 0 Å². The summed E-state index contributed by atoms with van der Waals surface area (Å²) in [4.78, 5) is 0. The first-order chi connectivity index (χ1) is 8.91. The van der Waals surface area contributed by atoms with E-state index in [1.165, 1.54) is 0 Å². The lowest BCUT2D eigenvalue weighted by Crippen LogP contribution is -2.24. The van der Waals surface area contributed by atoms with Gasteiger partial charge in [0.1, 0.15) is 0 Å². The van der Waals surface area contributed by atoms with Gasteiger partial charge in [0.25, 0.3) is 0 Å². The molecule has 0 aliphatic rings. The molecule has 0 fully saturated rings. The number of ether oxygens (including phenoxy) is 5. The Labute approximate surface area is 110 Å². The molecule has 0 heterocycles. The van der Waals surface area contributed by atoms with Crippen LogP contribution in [0.2, 0.25) is 0 Å². The van der Waals surface area contributed by atoms with Crippen molar-refractivity contribution in [1.82, 2.24) is 5.32 Å².